The molecule has 2 aromatic rings. The SMILES string of the molecule is COc1cc2c(cc1OC)CN(C(=O)NCCc1ccc(F)cc1F)CC2. The molecule has 1 aliphatic heterocycles. The molecule has 27 heavy (non-hydrogen) atoms. The summed E-state index contributed by atoms with van der Waals surface area (Å²) < 4.78 is 37.2. The number of carbonyl (C=O) groups is 1. The van der Waals surface area contributed by atoms with Crippen molar-refractivity contribution >= 4 is 6.03 Å². The normalized spacial score (nSPS) is 13.1. The summed E-state index contributed by atoms with van der Waals surface area (Å²) >= 11 is 0. The minimum absolute atomic E-state index is 0.210. The van der Waals surface area contributed by atoms with Crippen LogP contribution in [0.1, 0.15) is 16.7 Å². The van der Waals surface area contributed by atoms with Gasteiger partial charge in [0.25, 0.3) is 0 Å². The average molecular weight is 376 g/mol. The molecule has 144 valence electrons. The maximum absolute atomic E-state index is 13.6. The first-order valence-electron chi connectivity index (χ1n) is 8.72. The van der Waals surface area contributed by atoms with Crippen molar-refractivity contribution in [1.82, 2.24) is 10.2 Å². The highest BCUT2D eigenvalue weighted by molar-refractivity contribution is 5.74. The number of urea groups is 1. The van der Waals surface area contributed by atoms with Crippen LogP contribution in [0.4, 0.5) is 13.6 Å². The van der Waals surface area contributed by atoms with Gasteiger partial charge in [0, 0.05) is 25.7 Å². The van der Waals surface area contributed by atoms with Crippen LogP contribution < -0.4 is 14.8 Å². The zero-order valence-electron chi connectivity index (χ0n) is 15.4. The van der Waals surface area contributed by atoms with Gasteiger partial charge in [-0.25, -0.2) is 13.6 Å². The van der Waals surface area contributed by atoms with E-state index in [1.165, 1.54) is 12.1 Å². The van der Waals surface area contributed by atoms with Crippen molar-refractivity contribution in [2.24, 2.45) is 0 Å². The molecule has 1 N–H and O–H groups in total. The molecule has 0 radical (unpaired) electrons. The molecule has 0 bridgehead atoms. The van der Waals surface area contributed by atoms with E-state index in [4.69, 9.17) is 9.47 Å². The third-order valence-electron chi connectivity index (χ3n) is 4.69. The molecule has 0 spiro atoms. The monoisotopic (exact) mass is 376 g/mol. The number of methoxy groups -OCH3 is 2. The molecular weight excluding hydrogens is 354 g/mol. The predicted molar refractivity (Wildman–Crippen MR) is 97.1 cm³/mol. The number of rotatable bonds is 5. The van der Waals surface area contributed by atoms with Gasteiger partial charge in [0.1, 0.15) is 11.6 Å². The number of ether oxygens (including phenoxy) is 2. The summed E-state index contributed by atoms with van der Waals surface area (Å²) in [6.07, 6.45) is 1.02. The summed E-state index contributed by atoms with van der Waals surface area (Å²) in [7, 11) is 3.17. The standard InChI is InChI=1S/C20H22F2N2O3/c1-26-18-9-14-6-8-24(12-15(14)10-19(18)27-2)20(25)23-7-5-13-3-4-16(21)11-17(13)22/h3-4,9-11H,5-8,12H2,1-2H3,(H,23,25). The second-order valence-corrected chi connectivity index (χ2v) is 6.37. The Balaban J connectivity index is 1.59. The molecule has 3 rings (SSSR count). The van der Waals surface area contributed by atoms with Crippen LogP contribution in [0.2, 0.25) is 0 Å². The fraction of sp³-hybridized carbons (Fsp3) is 0.350. The van der Waals surface area contributed by atoms with Gasteiger partial charge in [-0.2, -0.15) is 0 Å². The number of nitrogens with zero attached hydrogens (tertiary/aromatic N) is 1. The fourth-order valence-corrected chi connectivity index (χ4v) is 3.20. The largest absolute Gasteiger partial charge is 0.493 e. The van der Waals surface area contributed by atoms with Gasteiger partial charge in [-0.3, -0.25) is 0 Å². The van der Waals surface area contributed by atoms with E-state index in [0.717, 1.165) is 23.6 Å². The van der Waals surface area contributed by atoms with E-state index in [0.29, 0.717) is 36.6 Å². The van der Waals surface area contributed by atoms with Crippen LogP contribution in [0.5, 0.6) is 11.5 Å². The van der Waals surface area contributed by atoms with E-state index < -0.39 is 11.6 Å². The molecule has 1 heterocycles. The van der Waals surface area contributed by atoms with Crippen LogP contribution in [0.3, 0.4) is 0 Å². The van der Waals surface area contributed by atoms with Crippen molar-refractivity contribution in [2.75, 3.05) is 27.3 Å². The molecule has 0 unspecified atom stereocenters. The molecular formula is C20H22F2N2O3. The minimum Gasteiger partial charge on any atom is -0.493 e. The lowest BCUT2D eigenvalue weighted by Gasteiger charge is -2.29. The fourth-order valence-electron chi connectivity index (χ4n) is 3.20. The van der Waals surface area contributed by atoms with E-state index in [2.05, 4.69) is 5.32 Å². The summed E-state index contributed by atoms with van der Waals surface area (Å²) in [5.74, 6) is 0.0947. The summed E-state index contributed by atoms with van der Waals surface area (Å²) in [4.78, 5) is 14.1. The number of hydrogen-bond donors (Lipinski definition) is 1. The van der Waals surface area contributed by atoms with Gasteiger partial charge < -0.3 is 19.7 Å². The summed E-state index contributed by atoms with van der Waals surface area (Å²) in [6.45, 7) is 1.32. The second kappa shape index (κ2) is 8.24. The third-order valence-corrected chi connectivity index (χ3v) is 4.69. The quantitative estimate of drug-likeness (QED) is 0.871. The van der Waals surface area contributed by atoms with Crippen molar-refractivity contribution in [1.29, 1.82) is 0 Å². The number of nitrogens with one attached hydrogen (secondary N) is 1. The van der Waals surface area contributed by atoms with E-state index >= 15 is 0 Å². The smallest absolute Gasteiger partial charge is 0.317 e. The number of benzene rings is 2. The first kappa shape index (κ1) is 18.9. The topological polar surface area (TPSA) is 50.8 Å². The maximum Gasteiger partial charge on any atom is 0.317 e. The predicted octanol–water partition coefficient (Wildman–Crippen LogP) is 3.29. The lowest BCUT2D eigenvalue weighted by atomic mass is 9.99. The van der Waals surface area contributed by atoms with Crippen molar-refractivity contribution in [2.45, 2.75) is 19.4 Å². The van der Waals surface area contributed by atoms with Gasteiger partial charge in [0.05, 0.1) is 14.2 Å². The zero-order chi connectivity index (χ0) is 19.4. The number of hydrogen-bond acceptors (Lipinski definition) is 3. The lowest BCUT2D eigenvalue weighted by molar-refractivity contribution is 0.192. The molecule has 0 atom stereocenters. The molecule has 7 heteroatoms. The Hall–Kier alpha value is -2.83. The Morgan fingerprint density at radius 1 is 1.11 bits per heavy atom. The Morgan fingerprint density at radius 3 is 2.48 bits per heavy atom. The highest BCUT2D eigenvalue weighted by atomic mass is 19.1. The van der Waals surface area contributed by atoms with Crippen molar-refractivity contribution in [3.8, 4) is 11.5 Å². The Kier molecular flexibility index (Phi) is 5.78. The van der Waals surface area contributed by atoms with Crippen LogP contribution in [0, 0.1) is 11.6 Å². The molecule has 0 aliphatic carbocycles. The molecule has 0 fully saturated rings. The molecule has 2 aromatic carbocycles. The van der Waals surface area contributed by atoms with Gasteiger partial charge in [-0.1, -0.05) is 6.07 Å². The summed E-state index contributed by atoms with van der Waals surface area (Å²) in [5, 5.41) is 2.80. The first-order valence-corrected chi connectivity index (χ1v) is 8.72. The van der Waals surface area contributed by atoms with Crippen LogP contribution >= 0.6 is 0 Å². The van der Waals surface area contributed by atoms with Crippen LogP contribution in [-0.2, 0) is 19.4 Å². The summed E-state index contributed by atoms with van der Waals surface area (Å²) in [6, 6.07) is 7.08. The van der Waals surface area contributed by atoms with E-state index in [-0.39, 0.29) is 12.6 Å². The van der Waals surface area contributed by atoms with Gasteiger partial charge >= 0.3 is 6.03 Å². The lowest BCUT2D eigenvalue weighted by Crippen LogP contribution is -2.43. The van der Waals surface area contributed by atoms with Gasteiger partial charge in [0.15, 0.2) is 11.5 Å². The van der Waals surface area contributed by atoms with E-state index in [1.807, 2.05) is 12.1 Å². The van der Waals surface area contributed by atoms with E-state index in [1.54, 1.807) is 19.1 Å². The van der Waals surface area contributed by atoms with E-state index in [9.17, 15) is 13.6 Å². The number of halogens is 2. The molecule has 5 nitrogen and oxygen atoms in total. The highest BCUT2D eigenvalue weighted by Gasteiger charge is 2.22. The van der Waals surface area contributed by atoms with Gasteiger partial charge in [-0.15, -0.1) is 0 Å². The number of carbonyl (C=O) groups excluding carboxylic acids is 1. The third kappa shape index (κ3) is 4.30. The Labute approximate surface area is 156 Å². The van der Waals surface area contributed by atoms with Crippen LogP contribution in [0.25, 0.3) is 0 Å². The Bertz CT molecular complexity index is 842. The number of amides is 2. The number of fused-ring (bicyclic) bond motifs is 1. The summed E-state index contributed by atoms with van der Waals surface area (Å²) in [5.41, 5.74) is 2.52. The van der Waals surface area contributed by atoms with Crippen molar-refractivity contribution in [3.63, 3.8) is 0 Å². The van der Waals surface area contributed by atoms with Crippen molar-refractivity contribution in [3.05, 3.63) is 58.7 Å². The molecule has 0 saturated carbocycles. The second-order valence-electron chi connectivity index (χ2n) is 6.37. The maximum atomic E-state index is 13.6. The van der Waals surface area contributed by atoms with Crippen LogP contribution in [0.15, 0.2) is 30.3 Å². The molecule has 1 aliphatic rings. The molecule has 2 amide bonds. The van der Waals surface area contributed by atoms with Crippen LogP contribution in [-0.4, -0.2) is 38.2 Å². The first-order chi connectivity index (χ1) is 13.0. The molecule has 0 saturated heterocycles. The highest BCUT2D eigenvalue weighted by Crippen LogP contribution is 2.33. The average Bonchev–Trinajstić information content (AvgIpc) is 2.67. The van der Waals surface area contributed by atoms with Gasteiger partial charge in [-0.05, 0) is 47.7 Å². The zero-order valence-corrected chi connectivity index (χ0v) is 15.4. The van der Waals surface area contributed by atoms with Gasteiger partial charge in [0.2, 0.25) is 0 Å². The van der Waals surface area contributed by atoms with Crippen molar-refractivity contribution < 1.29 is 23.0 Å². The minimum atomic E-state index is -0.612. The Morgan fingerprint density at radius 2 is 1.81 bits per heavy atom. The molecule has 0 aromatic heterocycles.